The summed E-state index contributed by atoms with van der Waals surface area (Å²) in [4.78, 5) is 4.43. The number of unbranched alkanes of at least 4 members (excludes halogenated alkanes) is 2. The summed E-state index contributed by atoms with van der Waals surface area (Å²) in [6, 6.07) is 21.6. The number of hydrogen-bond acceptors (Lipinski definition) is 4. The predicted molar refractivity (Wildman–Crippen MR) is 115 cm³/mol. The molecule has 144 valence electrons. The Bertz CT molecular complexity index is 876. The van der Waals surface area contributed by atoms with Crippen LogP contribution >= 0.6 is 0 Å². The summed E-state index contributed by atoms with van der Waals surface area (Å²) in [5, 5.41) is 12.0. The van der Waals surface area contributed by atoms with E-state index in [-0.39, 0.29) is 0 Å². The molecule has 3 aromatic rings. The van der Waals surface area contributed by atoms with Crippen molar-refractivity contribution in [3.8, 4) is 5.75 Å². The van der Waals surface area contributed by atoms with Gasteiger partial charge in [0.25, 0.3) is 0 Å². The third-order valence-corrected chi connectivity index (χ3v) is 4.54. The minimum Gasteiger partial charge on any atom is -0.489 e. The molecule has 28 heavy (non-hydrogen) atoms. The largest absolute Gasteiger partial charge is 0.489 e. The molecule has 1 heterocycles. The number of ether oxygens (including phenoxy) is 1. The number of hydrogen-bond donors (Lipinski definition) is 2. The maximum atomic E-state index is 8.61. The van der Waals surface area contributed by atoms with Gasteiger partial charge in [-0.15, -0.1) is 0 Å². The van der Waals surface area contributed by atoms with E-state index in [1.54, 1.807) is 6.20 Å². The van der Waals surface area contributed by atoms with Crippen LogP contribution in [0.1, 0.15) is 42.9 Å². The van der Waals surface area contributed by atoms with E-state index in [1.165, 1.54) is 12.8 Å². The number of pyridine rings is 1. The zero-order valence-electron chi connectivity index (χ0n) is 16.3. The number of benzene rings is 2. The van der Waals surface area contributed by atoms with E-state index in [4.69, 9.17) is 10.1 Å². The number of rotatable bonds is 10. The van der Waals surface area contributed by atoms with Gasteiger partial charge in [0.05, 0.1) is 5.71 Å². The van der Waals surface area contributed by atoms with Crippen LogP contribution in [0.2, 0.25) is 0 Å². The SMILES string of the molecule is CCCCCNc1ncccc1C(=N)c1ccc(OCc2ccccc2)cc1. The molecule has 0 fully saturated rings. The third kappa shape index (κ3) is 5.43. The van der Waals surface area contributed by atoms with Crippen molar-refractivity contribution in [3.63, 3.8) is 0 Å². The molecule has 0 amide bonds. The zero-order chi connectivity index (χ0) is 19.6. The monoisotopic (exact) mass is 373 g/mol. The Balaban J connectivity index is 1.64. The van der Waals surface area contributed by atoms with Crippen LogP contribution in [0, 0.1) is 5.41 Å². The number of nitrogens with one attached hydrogen (secondary N) is 2. The Labute approximate surface area is 167 Å². The Kier molecular flexibility index (Phi) is 7.19. The van der Waals surface area contributed by atoms with Gasteiger partial charge in [-0.2, -0.15) is 0 Å². The third-order valence-electron chi connectivity index (χ3n) is 4.54. The molecule has 0 aliphatic rings. The van der Waals surface area contributed by atoms with Crippen LogP contribution in [0.4, 0.5) is 5.82 Å². The average molecular weight is 374 g/mol. The Morgan fingerprint density at radius 2 is 1.75 bits per heavy atom. The lowest BCUT2D eigenvalue weighted by Crippen LogP contribution is -2.10. The fourth-order valence-electron chi connectivity index (χ4n) is 2.94. The van der Waals surface area contributed by atoms with E-state index in [9.17, 15) is 0 Å². The minimum absolute atomic E-state index is 0.459. The molecule has 0 aliphatic carbocycles. The number of nitrogens with zero attached hydrogens (tertiary/aromatic N) is 1. The van der Waals surface area contributed by atoms with Crippen LogP contribution in [-0.4, -0.2) is 17.2 Å². The highest BCUT2D eigenvalue weighted by molar-refractivity contribution is 6.13. The Morgan fingerprint density at radius 1 is 0.964 bits per heavy atom. The lowest BCUT2D eigenvalue weighted by molar-refractivity contribution is 0.306. The lowest BCUT2D eigenvalue weighted by Gasteiger charge is -2.12. The topological polar surface area (TPSA) is 58.0 Å². The molecule has 0 atom stereocenters. The number of anilines is 1. The van der Waals surface area contributed by atoms with Gasteiger partial charge in [-0.05, 0) is 48.4 Å². The van der Waals surface area contributed by atoms with Crippen molar-refractivity contribution in [2.45, 2.75) is 32.8 Å². The molecular formula is C24H27N3O. The van der Waals surface area contributed by atoms with Gasteiger partial charge < -0.3 is 10.1 Å². The van der Waals surface area contributed by atoms with Gasteiger partial charge in [0.2, 0.25) is 0 Å². The van der Waals surface area contributed by atoms with Crippen molar-refractivity contribution in [1.29, 1.82) is 5.41 Å². The van der Waals surface area contributed by atoms with E-state index < -0.39 is 0 Å². The van der Waals surface area contributed by atoms with E-state index in [1.807, 2.05) is 66.7 Å². The quantitative estimate of drug-likeness (QED) is 0.355. The van der Waals surface area contributed by atoms with Crippen LogP contribution < -0.4 is 10.1 Å². The summed E-state index contributed by atoms with van der Waals surface area (Å²) in [6.07, 6.45) is 5.25. The smallest absolute Gasteiger partial charge is 0.135 e. The van der Waals surface area contributed by atoms with Crippen molar-refractivity contribution in [2.75, 3.05) is 11.9 Å². The first kappa shape index (κ1) is 19.6. The van der Waals surface area contributed by atoms with Crippen molar-refractivity contribution in [1.82, 2.24) is 4.98 Å². The molecule has 4 nitrogen and oxygen atoms in total. The van der Waals surface area contributed by atoms with Gasteiger partial charge in [-0.3, -0.25) is 5.41 Å². The zero-order valence-corrected chi connectivity index (χ0v) is 16.3. The number of aromatic nitrogens is 1. The maximum absolute atomic E-state index is 8.61. The van der Waals surface area contributed by atoms with Crippen molar-refractivity contribution >= 4 is 11.5 Å². The fraction of sp³-hybridized carbons (Fsp3) is 0.250. The standard InChI is InChI=1S/C24H27N3O/c1-2-3-7-16-26-24-22(11-8-17-27-24)23(25)20-12-14-21(15-13-20)28-18-19-9-5-4-6-10-19/h4-6,8-15,17,25H,2-3,7,16,18H2,1H3,(H,26,27). The summed E-state index contributed by atoms with van der Waals surface area (Å²) < 4.78 is 5.84. The first-order valence-corrected chi connectivity index (χ1v) is 9.83. The summed E-state index contributed by atoms with van der Waals surface area (Å²) in [5.41, 5.74) is 3.25. The van der Waals surface area contributed by atoms with Crippen LogP contribution in [0.15, 0.2) is 72.9 Å². The lowest BCUT2D eigenvalue weighted by atomic mass is 10.0. The fourth-order valence-corrected chi connectivity index (χ4v) is 2.94. The van der Waals surface area contributed by atoms with Crippen LogP contribution in [0.3, 0.4) is 0 Å². The van der Waals surface area contributed by atoms with Gasteiger partial charge in [-0.25, -0.2) is 4.98 Å². The molecule has 0 bridgehead atoms. The van der Waals surface area contributed by atoms with Gasteiger partial charge in [-0.1, -0.05) is 50.1 Å². The van der Waals surface area contributed by atoms with Gasteiger partial charge in [0.1, 0.15) is 18.2 Å². The molecule has 3 rings (SSSR count). The summed E-state index contributed by atoms with van der Waals surface area (Å²) in [5.74, 6) is 1.57. The summed E-state index contributed by atoms with van der Waals surface area (Å²) >= 11 is 0. The van der Waals surface area contributed by atoms with Crippen LogP contribution in [-0.2, 0) is 6.61 Å². The molecule has 1 aromatic heterocycles. The van der Waals surface area contributed by atoms with Crippen LogP contribution in [0.5, 0.6) is 5.75 Å². The highest BCUT2D eigenvalue weighted by Gasteiger charge is 2.11. The van der Waals surface area contributed by atoms with Crippen molar-refractivity contribution in [3.05, 3.63) is 89.6 Å². The first-order valence-electron chi connectivity index (χ1n) is 9.83. The van der Waals surface area contributed by atoms with Gasteiger partial charge in [0, 0.05) is 23.9 Å². The second kappa shape index (κ2) is 10.3. The highest BCUT2D eigenvalue weighted by atomic mass is 16.5. The molecule has 2 aromatic carbocycles. The Morgan fingerprint density at radius 3 is 2.50 bits per heavy atom. The minimum atomic E-state index is 0.459. The molecule has 2 N–H and O–H groups in total. The predicted octanol–water partition coefficient (Wildman–Crippen LogP) is 5.68. The molecular weight excluding hydrogens is 346 g/mol. The van der Waals surface area contributed by atoms with Crippen LogP contribution in [0.25, 0.3) is 0 Å². The van der Waals surface area contributed by atoms with Gasteiger partial charge in [0.15, 0.2) is 0 Å². The molecule has 0 saturated heterocycles. The summed E-state index contributed by atoms with van der Waals surface area (Å²) in [6.45, 7) is 3.60. The molecule has 0 saturated carbocycles. The maximum Gasteiger partial charge on any atom is 0.135 e. The second-order valence-corrected chi connectivity index (χ2v) is 6.71. The first-order chi connectivity index (χ1) is 13.8. The molecule has 0 aliphatic heterocycles. The Hall–Kier alpha value is -3.14. The second-order valence-electron chi connectivity index (χ2n) is 6.71. The van der Waals surface area contributed by atoms with Crippen molar-refractivity contribution in [2.24, 2.45) is 0 Å². The summed E-state index contributed by atoms with van der Waals surface area (Å²) in [7, 11) is 0. The average Bonchev–Trinajstić information content (AvgIpc) is 2.76. The molecule has 0 radical (unpaired) electrons. The van der Waals surface area contributed by atoms with E-state index >= 15 is 0 Å². The normalized spacial score (nSPS) is 10.5. The van der Waals surface area contributed by atoms with E-state index in [0.717, 1.165) is 41.2 Å². The molecule has 4 heteroatoms. The molecule has 0 spiro atoms. The highest BCUT2D eigenvalue weighted by Crippen LogP contribution is 2.20. The van der Waals surface area contributed by atoms with E-state index in [0.29, 0.717) is 12.3 Å². The van der Waals surface area contributed by atoms with E-state index in [2.05, 4.69) is 17.2 Å². The molecule has 0 unspecified atom stereocenters. The van der Waals surface area contributed by atoms with Crippen molar-refractivity contribution < 1.29 is 4.74 Å². The van der Waals surface area contributed by atoms with Gasteiger partial charge >= 0.3 is 0 Å².